The van der Waals surface area contributed by atoms with Gasteiger partial charge in [-0.3, -0.25) is 9.69 Å². The van der Waals surface area contributed by atoms with Crippen molar-refractivity contribution >= 4 is 5.97 Å². The number of aliphatic carboxylic acids is 1. The van der Waals surface area contributed by atoms with Gasteiger partial charge in [0.25, 0.3) is 0 Å². The maximum Gasteiger partial charge on any atom is 0.303 e. The third-order valence-corrected chi connectivity index (χ3v) is 2.90. The maximum absolute atomic E-state index is 10.4. The lowest BCUT2D eigenvalue weighted by atomic mass is 10.2. The average Bonchev–Trinajstić information content (AvgIpc) is 2.36. The first-order chi connectivity index (χ1) is 8.72. The molecule has 1 aromatic rings. The van der Waals surface area contributed by atoms with Crippen LogP contribution in [0.1, 0.15) is 38.2 Å². The van der Waals surface area contributed by atoms with Gasteiger partial charge in [0.05, 0.1) is 0 Å². The van der Waals surface area contributed by atoms with Crippen LogP contribution in [0.5, 0.6) is 0 Å². The van der Waals surface area contributed by atoms with Crippen LogP contribution in [0.15, 0.2) is 30.3 Å². The first kappa shape index (κ1) is 14.7. The summed E-state index contributed by atoms with van der Waals surface area (Å²) in [6.45, 7) is 5.19. The first-order valence-electron chi connectivity index (χ1n) is 6.70. The van der Waals surface area contributed by atoms with Gasteiger partial charge < -0.3 is 5.11 Å². The molecule has 0 unspecified atom stereocenters. The molecule has 0 bridgehead atoms. The molecule has 0 amide bonds. The number of carboxylic acids is 1. The van der Waals surface area contributed by atoms with Crippen molar-refractivity contribution in [1.29, 1.82) is 0 Å². The summed E-state index contributed by atoms with van der Waals surface area (Å²) < 4.78 is 0. The highest BCUT2D eigenvalue weighted by atomic mass is 16.4. The SMILES string of the molecule is CCCN(CCCCC(=O)O)Cc1ccccc1. The molecule has 0 saturated heterocycles. The minimum absolute atomic E-state index is 0.283. The zero-order chi connectivity index (χ0) is 13.2. The van der Waals surface area contributed by atoms with Crippen LogP contribution in [-0.4, -0.2) is 29.1 Å². The number of hydrogen-bond acceptors (Lipinski definition) is 2. The van der Waals surface area contributed by atoms with Crippen LogP contribution in [0.2, 0.25) is 0 Å². The van der Waals surface area contributed by atoms with Crippen molar-refractivity contribution in [2.45, 2.75) is 39.2 Å². The van der Waals surface area contributed by atoms with Gasteiger partial charge in [0.2, 0.25) is 0 Å². The molecular weight excluding hydrogens is 226 g/mol. The first-order valence-corrected chi connectivity index (χ1v) is 6.70. The normalized spacial score (nSPS) is 10.8. The van der Waals surface area contributed by atoms with Crippen molar-refractivity contribution in [2.75, 3.05) is 13.1 Å². The summed E-state index contributed by atoms with van der Waals surface area (Å²) in [6, 6.07) is 10.4. The van der Waals surface area contributed by atoms with Gasteiger partial charge in [-0.2, -0.15) is 0 Å². The molecule has 18 heavy (non-hydrogen) atoms. The minimum atomic E-state index is -0.694. The molecule has 0 aromatic heterocycles. The standard InChI is InChI=1S/C15H23NO2/c1-2-11-16(12-7-6-10-15(17)18)13-14-8-4-3-5-9-14/h3-5,8-9H,2,6-7,10-13H2,1H3,(H,17,18). The minimum Gasteiger partial charge on any atom is -0.481 e. The van der Waals surface area contributed by atoms with Crippen molar-refractivity contribution in [3.63, 3.8) is 0 Å². The van der Waals surface area contributed by atoms with E-state index in [1.54, 1.807) is 0 Å². The second-order valence-corrected chi connectivity index (χ2v) is 4.61. The largest absolute Gasteiger partial charge is 0.481 e. The lowest BCUT2D eigenvalue weighted by molar-refractivity contribution is -0.137. The molecule has 0 aliphatic heterocycles. The predicted molar refractivity (Wildman–Crippen MR) is 73.5 cm³/mol. The van der Waals surface area contributed by atoms with Gasteiger partial charge in [-0.1, -0.05) is 37.3 Å². The Balaban J connectivity index is 2.33. The van der Waals surface area contributed by atoms with E-state index in [1.165, 1.54) is 5.56 Å². The molecule has 1 rings (SSSR count). The van der Waals surface area contributed by atoms with Crippen molar-refractivity contribution in [3.05, 3.63) is 35.9 Å². The summed E-state index contributed by atoms with van der Waals surface area (Å²) in [5, 5.41) is 8.60. The summed E-state index contributed by atoms with van der Waals surface area (Å²) in [7, 11) is 0. The van der Waals surface area contributed by atoms with Crippen LogP contribution in [-0.2, 0) is 11.3 Å². The third-order valence-electron chi connectivity index (χ3n) is 2.90. The van der Waals surface area contributed by atoms with E-state index in [0.29, 0.717) is 0 Å². The third kappa shape index (κ3) is 6.40. The van der Waals surface area contributed by atoms with Crippen LogP contribution >= 0.6 is 0 Å². The fraction of sp³-hybridized carbons (Fsp3) is 0.533. The fourth-order valence-corrected chi connectivity index (χ4v) is 2.04. The Hall–Kier alpha value is -1.35. The highest BCUT2D eigenvalue weighted by Gasteiger charge is 2.05. The van der Waals surface area contributed by atoms with Crippen LogP contribution in [0.3, 0.4) is 0 Å². The van der Waals surface area contributed by atoms with Crippen molar-refractivity contribution in [1.82, 2.24) is 4.90 Å². The average molecular weight is 249 g/mol. The van der Waals surface area contributed by atoms with E-state index < -0.39 is 5.97 Å². The van der Waals surface area contributed by atoms with Gasteiger partial charge in [0, 0.05) is 13.0 Å². The summed E-state index contributed by atoms with van der Waals surface area (Å²) in [4.78, 5) is 12.8. The van der Waals surface area contributed by atoms with Gasteiger partial charge in [-0.15, -0.1) is 0 Å². The topological polar surface area (TPSA) is 40.5 Å². The van der Waals surface area contributed by atoms with Crippen LogP contribution < -0.4 is 0 Å². The highest BCUT2D eigenvalue weighted by molar-refractivity contribution is 5.66. The maximum atomic E-state index is 10.4. The molecule has 0 fully saturated rings. The van der Waals surface area contributed by atoms with Crippen LogP contribution in [0, 0.1) is 0 Å². The summed E-state index contributed by atoms with van der Waals surface area (Å²) in [5.74, 6) is -0.694. The Morgan fingerprint density at radius 3 is 2.50 bits per heavy atom. The van der Waals surface area contributed by atoms with E-state index >= 15 is 0 Å². The molecule has 0 heterocycles. The second-order valence-electron chi connectivity index (χ2n) is 4.61. The quantitative estimate of drug-likeness (QED) is 0.683. The Morgan fingerprint density at radius 1 is 1.17 bits per heavy atom. The number of rotatable bonds is 9. The highest BCUT2D eigenvalue weighted by Crippen LogP contribution is 2.07. The molecule has 0 aliphatic carbocycles. The van der Waals surface area contributed by atoms with Gasteiger partial charge >= 0.3 is 5.97 Å². The lowest BCUT2D eigenvalue weighted by Gasteiger charge is -2.21. The van der Waals surface area contributed by atoms with E-state index in [9.17, 15) is 4.79 Å². The number of carbonyl (C=O) groups is 1. The molecule has 0 spiro atoms. The lowest BCUT2D eigenvalue weighted by Crippen LogP contribution is -2.25. The van der Waals surface area contributed by atoms with Crippen molar-refractivity contribution < 1.29 is 9.90 Å². The van der Waals surface area contributed by atoms with Gasteiger partial charge in [0.15, 0.2) is 0 Å². The van der Waals surface area contributed by atoms with Crippen molar-refractivity contribution in [2.24, 2.45) is 0 Å². The molecular formula is C15H23NO2. The van der Waals surface area contributed by atoms with E-state index in [1.807, 2.05) is 6.07 Å². The molecule has 1 N–H and O–H groups in total. The van der Waals surface area contributed by atoms with E-state index in [2.05, 4.69) is 36.1 Å². The molecule has 1 aromatic carbocycles. The summed E-state index contributed by atoms with van der Waals surface area (Å²) >= 11 is 0. The summed E-state index contributed by atoms with van der Waals surface area (Å²) in [5.41, 5.74) is 1.32. The monoisotopic (exact) mass is 249 g/mol. The van der Waals surface area contributed by atoms with E-state index in [-0.39, 0.29) is 6.42 Å². The number of hydrogen-bond donors (Lipinski definition) is 1. The van der Waals surface area contributed by atoms with Gasteiger partial charge in [-0.05, 0) is 37.9 Å². The molecule has 0 aliphatic rings. The Kier molecular flexibility index (Phi) is 7.11. The van der Waals surface area contributed by atoms with E-state index in [4.69, 9.17) is 5.11 Å². The van der Waals surface area contributed by atoms with Crippen molar-refractivity contribution in [3.8, 4) is 0 Å². The molecule has 0 atom stereocenters. The number of carboxylic acid groups (broad SMARTS) is 1. The van der Waals surface area contributed by atoms with Crippen LogP contribution in [0.4, 0.5) is 0 Å². The molecule has 3 heteroatoms. The van der Waals surface area contributed by atoms with E-state index in [0.717, 1.165) is 38.9 Å². The number of benzene rings is 1. The Bertz CT molecular complexity index is 338. The second kappa shape index (κ2) is 8.70. The molecule has 100 valence electrons. The Morgan fingerprint density at radius 2 is 1.89 bits per heavy atom. The zero-order valence-corrected chi connectivity index (χ0v) is 11.1. The molecule has 0 saturated carbocycles. The van der Waals surface area contributed by atoms with Crippen LogP contribution in [0.25, 0.3) is 0 Å². The summed E-state index contributed by atoms with van der Waals surface area (Å²) in [6.07, 6.45) is 3.14. The fourth-order valence-electron chi connectivity index (χ4n) is 2.04. The Labute approximate surface area is 109 Å². The number of nitrogens with zero attached hydrogens (tertiary/aromatic N) is 1. The molecule has 3 nitrogen and oxygen atoms in total. The predicted octanol–water partition coefficient (Wildman–Crippen LogP) is 3.15. The van der Waals surface area contributed by atoms with Gasteiger partial charge in [0.1, 0.15) is 0 Å². The smallest absolute Gasteiger partial charge is 0.303 e. The number of unbranched alkanes of at least 4 members (excludes halogenated alkanes) is 1. The zero-order valence-electron chi connectivity index (χ0n) is 11.1. The molecule has 0 radical (unpaired) electrons. The van der Waals surface area contributed by atoms with Gasteiger partial charge in [-0.25, -0.2) is 0 Å².